The molecule has 3 aromatic rings. The summed E-state index contributed by atoms with van der Waals surface area (Å²) < 4.78 is 12.3. The van der Waals surface area contributed by atoms with E-state index in [4.69, 9.17) is 21.1 Å². The first kappa shape index (κ1) is 25.2. The molecule has 0 aliphatic carbocycles. The van der Waals surface area contributed by atoms with E-state index in [1.807, 2.05) is 45.0 Å². The van der Waals surface area contributed by atoms with Crippen LogP contribution in [0.25, 0.3) is 11.3 Å². The van der Waals surface area contributed by atoms with E-state index in [9.17, 15) is 9.59 Å². The van der Waals surface area contributed by atoms with E-state index in [2.05, 4.69) is 15.4 Å². The van der Waals surface area contributed by atoms with E-state index in [1.54, 1.807) is 39.1 Å². The minimum atomic E-state index is -0.582. The van der Waals surface area contributed by atoms with Gasteiger partial charge in [0.1, 0.15) is 12.2 Å². The molecule has 0 bridgehead atoms. The van der Waals surface area contributed by atoms with E-state index in [0.29, 0.717) is 11.4 Å². The van der Waals surface area contributed by atoms with Gasteiger partial charge in [0.2, 0.25) is 0 Å². The molecule has 2 aromatic heterocycles. The van der Waals surface area contributed by atoms with Gasteiger partial charge in [-0.2, -0.15) is 5.10 Å². The predicted octanol–water partition coefficient (Wildman–Crippen LogP) is 5.64. The number of rotatable bonds is 5. The molecule has 2 heterocycles. The number of carbonyl (C=O) groups excluding carboxylic acids is 1. The fourth-order valence-corrected chi connectivity index (χ4v) is 3.20. The molecular weight excluding hydrogens is 456 g/mol. The largest absolute Gasteiger partial charge is 0.485 e. The number of anilines is 1. The van der Waals surface area contributed by atoms with Crippen molar-refractivity contribution in [3.8, 4) is 17.0 Å². The van der Waals surface area contributed by atoms with Gasteiger partial charge >= 0.3 is 6.09 Å². The third-order valence-corrected chi connectivity index (χ3v) is 4.92. The lowest BCUT2D eigenvalue weighted by Crippen LogP contribution is -2.36. The third kappa shape index (κ3) is 6.57. The predicted molar refractivity (Wildman–Crippen MR) is 132 cm³/mol. The zero-order valence-corrected chi connectivity index (χ0v) is 20.9. The molecule has 1 N–H and O–H groups in total. The minimum Gasteiger partial charge on any atom is -0.485 e. The van der Waals surface area contributed by atoms with Gasteiger partial charge in [-0.05, 0) is 59.2 Å². The Hall–Kier alpha value is -3.39. The standard InChI is InChI=1S/C25H29ClN4O4/c1-24(2,3)30-22(31)21(26)20(14-28-30)33-15-16-7-9-17(10-8-16)19-13-18(11-12-27-19)29-23(32)34-25(4,5)6/h7-14H,15H2,1-6H3,(H,27,29,32). The second kappa shape index (κ2) is 9.85. The van der Waals surface area contributed by atoms with E-state index in [1.165, 1.54) is 10.9 Å². The van der Waals surface area contributed by atoms with Crippen LogP contribution in [0.2, 0.25) is 5.02 Å². The molecule has 0 spiro atoms. The van der Waals surface area contributed by atoms with Gasteiger partial charge in [0, 0.05) is 17.4 Å². The van der Waals surface area contributed by atoms with Crippen LogP contribution in [-0.2, 0) is 16.9 Å². The molecule has 0 aliphatic rings. The molecule has 8 nitrogen and oxygen atoms in total. The fourth-order valence-electron chi connectivity index (χ4n) is 3.02. The Bertz CT molecular complexity index is 1230. The number of benzene rings is 1. The van der Waals surface area contributed by atoms with Crippen LogP contribution in [0.1, 0.15) is 47.1 Å². The number of carbonyl (C=O) groups is 1. The molecule has 34 heavy (non-hydrogen) atoms. The van der Waals surface area contributed by atoms with E-state index >= 15 is 0 Å². The smallest absolute Gasteiger partial charge is 0.412 e. The molecular formula is C25H29ClN4O4. The van der Waals surface area contributed by atoms with Gasteiger partial charge in [-0.3, -0.25) is 15.1 Å². The molecule has 0 radical (unpaired) electrons. The van der Waals surface area contributed by atoms with Crippen LogP contribution in [0.4, 0.5) is 10.5 Å². The summed E-state index contributed by atoms with van der Waals surface area (Å²) in [6.07, 6.45) is 2.55. The van der Waals surface area contributed by atoms with E-state index < -0.39 is 22.8 Å². The highest BCUT2D eigenvalue weighted by Gasteiger charge is 2.20. The topological polar surface area (TPSA) is 95.3 Å². The molecule has 3 rings (SSSR count). The summed E-state index contributed by atoms with van der Waals surface area (Å²) in [5, 5.41) is 6.89. The Kier molecular flexibility index (Phi) is 7.31. The van der Waals surface area contributed by atoms with Gasteiger partial charge in [-0.1, -0.05) is 35.9 Å². The van der Waals surface area contributed by atoms with Crippen LogP contribution in [0.3, 0.4) is 0 Å². The van der Waals surface area contributed by atoms with Crippen molar-refractivity contribution < 1.29 is 14.3 Å². The van der Waals surface area contributed by atoms with Crippen LogP contribution in [-0.4, -0.2) is 26.5 Å². The van der Waals surface area contributed by atoms with Crippen LogP contribution in [0.15, 0.2) is 53.6 Å². The molecule has 1 amide bonds. The first-order chi connectivity index (χ1) is 15.8. The van der Waals surface area contributed by atoms with Crippen LogP contribution in [0.5, 0.6) is 5.75 Å². The Balaban J connectivity index is 1.68. The molecule has 0 saturated carbocycles. The number of hydrogen-bond acceptors (Lipinski definition) is 6. The molecule has 0 atom stereocenters. The van der Waals surface area contributed by atoms with Crippen molar-refractivity contribution in [1.29, 1.82) is 0 Å². The number of nitrogens with one attached hydrogen (secondary N) is 1. The summed E-state index contributed by atoms with van der Waals surface area (Å²) in [6.45, 7) is 11.3. The van der Waals surface area contributed by atoms with Crippen molar-refractivity contribution in [3.05, 3.63) is 69.7 Å². The Morgan fingerprint density at radius 3 is 2.38 bits per heavy atom. The van der Waals surface area contributed by atoms with Crippen LogP contribution < -0.4 is 15.6 Å². The summed E-state index contributed by atoms with van der Waals surface area (Å²) in [4.78, 5) is 28.9. The van der Waals surface area contributed by atoms with Crippen molar-refractivity contribution in [2.24, 2.45) is 0 Å². The van der Waals surface area contributed by atoms with E-state index in [0.717, 1.165) is 11.1 Å². The number of pyridine rings is 1. The van der Waals surface area contributed by atoms with Crippen LogP contribution in [0, 0.1) is 0 Å². The van der Waals surface area contributed by atoms with Crippen molar-refractivity contribution in [3.63, 3.8) is 0 Å². The summed E-state index contributed by atoms with van der Waals surface area (Å²) in [5.41, 5.74) is 1.56. The number of aromatic nitrogens is 3. The Labute approximate surface area is 203 Å². The highest BCUT2D eigenvalue weighted by Crippen LogP contribution is 2.24. The zero-order valence-electron chi connectivity index (χ0n) is 20.2. The number of halogens is 1. The fraction of sp³-hybridized carbons (Fsp3) is 0.360. The first-order valence-electron chi connectivity index (χ1n) is 10.8. The third-order valence-electron chi connectivity index (χ3n) is 4.57. The second-order valence-electron chi connectivity index (χ2n) is 9.75. The number of ether oxygens (including phenoxy) is 2. The molecule has 0 saturated heterocycles. The van der Waals surface area contributed by atoms with Gasteiger partial charge in [0.05, 0.1) is 17.4 Å². The highest BCUT2D eigenvalue weighted by atomic mass is 35.5. The maximum atomic E-state index is 12.5. The van der Waals surface area contributed by atoms with Crippen molar-refractivity contribution in [1.82, 2.24) is 14.8 Å². The van der Waals surface area contributed by atoms with Crippen molar-refractivity contribution in [2.75, 3.05) is 5.32 Å². The second-order valence-corrected chi connectivity index (χ2v) is 10.1. The number of amides is 1. The summed E-state index contributed by atoms with van der Waals surface area (Å²) in [7, 11) is 0. The lowest BCUT2D eigenvalue weighted by atomic mass is 10.1. The quantitative estimate of drug-likeness (QED) is 0.503. The molecule has 180 valence electrons. The average molecular weight is 485 g/mol. The summed E-state index contributed by atoms with van der Waals surface area (Å²) in [6, 6.07) is 11.0. The average Bonchev–Trinajstić information content (AvgIpc) is 2.73. The van der Waals surface area contributed by atoms with Gasteiger partial charge < -0.3 is 9.47 Å². The summed E-state index contributed by atoms with van der Waals surface area (Å²) in [5.74, 6) is 0.235. The molecule has 0 fully saturated rings. The maximum Gasteiger partial charge on any atom is 0.412 e. The van der Waals surface area contributed by atoms with E-state index in [-0.39, 0.29) is 17.4 Å². The van der Waals surface area contributed by atoms with Crippen molar-refractivity contribution >= 4 is 23.4 Å². The molecule has 9 heteroatoms. The minimum absolute atomic E-state index is 0.0000439. The molecule has 0 unspecified atom stereocenters. The van der Waals surface area contributed by atoms with Crippen molar-refractivity contribution in [2.45, 2.75) is 59.3 Å². The van der Waals surface area contributed by atoms with Gasteiger partial charge in [-0.15, -0.1) is 0 Å². The number of nitrogens with zero attached hydrogens (tertiary/aromatic N) is 3. The number of hydrogen-bond donors (Lipinski definition) is 1. The highest BCUT2D eigenvalue weighted by molar-refractivity contribution is 6.31. The molecule has 0 aliphatic heterocycles. The lowest BCUT2D eigenvalue weighted by molar-refractivity contribution is 0.0636. The van der Waals surface area contributed by atoms with Gasteiger partial charge in [0.25, 0.3) is 5.56 Å². The Morgan fingerprint density at radius 2 is 1.76 bits per heavy atom. The summed E-state index contributed by atoms with van der Waals surface area (Å²) >= 11 is 6.22. The SMILES string of the molecule is CC(C)(C)OC(=O)Nc1ccnc(-c2ccc(COc3cnn(C(C)(C)C)c(=O)c3Cl)cc2)c1. The lowest BCUT2D eigenvalue weighted by Gasteiger charge is -2.21. The van der Waals surface area contributed by atoms with Crippen LogP contribution >= 0.6 is 11.6 Å². The van der Waals surface area contributed by atoms with Gasteiger partial charge in [0.15, 0.2) is 10.8 Å². The Morgan fingerprint density at radius 1 is 1.09 bits per heavy atom. The molecule has 1 aromatic carbocycles. The monoisotopic (exact) mass is 484 g/mol. The van der Waals surface area contributed by atoms with Gasteiger partial charge in [-0.25, -0.2) is 9.48 Å². The zero-order chi connectivity index (χ0) is 25.1. The normalized spacial score (nSPS) is 11.7. The maximum absolute atomic E-state index is 12.5. The first-order valence-corrected chi connectivity index (χ1v) is 11.2.